The molecule has 2 aromatic carbocycles. The summed E-state index contributed by atoms with van der Waals surface area (Å²) in [5.41, 5.74) is 3.21. The molecule has 0 aliphatic carbocycles. The Morgan fingerprint density at radius 1 is 1.04 bits per heavy atom. The summed E-state index contributed by atoms with van der Waals surface area (Å²) in [6.07, 6.45) is 3.15. The number of aromatic nitrogens is 4. The SMILES string of the molecule is CN(C)c1cccc(Nc2ncnc3c2cnn3-c2cccc(F)c2)c1. The van der Waals surface area contributed by atoms with E-state index < -0.39 is 0 Å². The number of nitrogens with zero attached hydrogens (tertiary/aromatic N) is 5. The van der Waals surface area contributed by atoms with Crippen LogP contribution < -0.4 is 10.2 Å². The second-order valence-electron chi connectivity index (χ2n) is 6.07. The Bertz CT molecular complexity index is 1070. The third kappa shape index (κ3) is 2.95. The lowest BCUT2D eigenvalue weighted by Crippen LogP contribution is -2.08. The van der Waals surface area contributed by atoms with E-state index >= 15 is 0 Å². The van der Waals surface area contributed by atoms with Gasteiger partial charge in [-0.1, -0.05) is 12.1 Å². The van der Waals surface area contributed by atoms with Gasteiger partial charge in [0.05, 0.1) is 17.3 Å². The van der Waals surface area contributed by atoms with Crippen molar-refractivity contribution in [3.63, 3.8) is 0 Å². The molecule has 0 saturated carbocycles. The molecule has 6 nitrogen and oxygen atoms in total. The number of anilines is 3. The van der Waals surface area contributed by atoms with E-state index in [0.29, 0.717) is 17.2 Å². The summed E-state index contributed by atoms with van der Waals surface area (Å²) in [5, 5.41) is 8.42. The Morgan fingerprint density at radius 2 is 1.88 bits per heavy atom. The van der Waals surface area contributed by atoms with Crippen LogP contribution in [0.5, 0.6) is 0 Å². The largest absolute Gasteiger partial charge is 0.378 e. The van der Waals surface area contributed by atoms with Gasteiger partial charge in [-0.05, 0) is 36.4 Å². The van der Waals surface area contributed by atoms with Crippen molar-refractivity contribution in [1.82, 2.24) is 19.7 Å². The molecule has 0 aliphatic heterocycles. The highest BCUT2D eigenvalue weighted by atomic mass is 19.1. The van der Waals surface area contributed by atoms with Crippen LogP contribution in [0.2, 0.25) is 0 Å². The van der Waals surface area contributed by atoms with Crippen molar-refractivity contribution in [1.29, 1.82) is 0 Å². The third-order valence-electron chi connectivity index (χ3n) is 4.04. The Labute approximate surface area is 149 Å². The molecule has 2 aromatic heterocycles. The minimum Gasteiger partial charge on any atom is -0.378 e. The Balaban J connectivity index is 1.75. The zero-order chi connectivity index (χ0) is 18.1. The molecule has 0 spiro atoms. The molecule has 130 valence electrons. The smallest absolute Gasteiger partial charge is 0.168 e. The monoisotopic (exact) mass is 348 g/mol. The third-order valence-corrected chi connectivity index (χ3v) is 4.04. The van der Waals surface area contributed by atoms with Gasteiger partial charge in [0.25, 0.3) is 0 Å². The summed E-state index contributed by atoms with van der Waals surface area (Å²) in [7, 11) is 3.98. The van der Waals surface area contributed by atoms with Gasteiger partial charge in [0.2, 0.25) is 0 Å². The second-order valence-corrected chi connectivity index (χ2v) is 6.07. The van der Waals surface area contributed by atoms with E-state index in [1.807, 2.05) is 43.3 Å². The normalized spacial score (nSPS) is 10.9. The Morgan fingerprint density at radius 3 is 2.69 bits per heavy atom. The van der Waals surface area contributed by atoms with Crippen LogP contribution in [0, 0.1) is 5.82 Å². The lowest BCUT2D eigenvalue weighted by molar-refractivity contribution is 0.625. The average molecular weight is 348 g/mol. The van der Waals surface area contributed by atoms with Crippen molar-refractivity contribution in [2.75, 3.05) is 24.3 Å². The van der Waals surface area contributed by atoms with Crippen molar-refractivity contribution >= 4 is 28.2 Å². The van der Waals surface area contributed by atoms with Gasteiger partial charge < -0.3 is 10.2 Å². The van der Waals surface area contributed by atoms with Crippen molar-refractivity contribution in [3.05, 3.63) is 66.9 Å². The minimum absolute atomic E-state index is 0.320. The van der Waals surface area contributed by atoms with Gasteiger partial charge in [0, 0.05) is 25.5 Å². The molecule has 0 unspecified atom stereocenters. The molecule has 7 heteroatoms. The van der Waals surface area contributed by atoms with Gasteiger partial charge in [-0.15, -0.1) is 0 Å². The van der Waals surface area contributed by atoms with Gasteiger partial charge in [-0.3, -0.25) is 0 Å². The maximum Gasteiger partial charge on any atom is 0.168 e. The first-order valence-electron chi connectivity index (χ1n) is 8.11. The van der Waals surface area contributed by atoms with E-state index in [1.54, 1.807) is 23.0 Å². The number of hydrogen-bond donors (Lipinski definition) is 1. The van der Waals surface area contributed by atoms with E-state index in [9.17, 15) is 4.39 Å². The van der Waals surface area contributed by atoms with Crippen LogP contribution in [0.1, 0.15) is 0 Å². The second kappa shape index (κ2) is 6.44. The van der Waals surface area contributed by atoms with Crippen LogP contribution in [0.4, 0.5) is 21.6 Å². The molecule has 1 N–H and O–H groups in total. The number of fused-ring (bicyclic) bond motifs is 1. The van der Waals surface area contributed by atoms with Crippen LogP contribution in [-0.2, 0) is 0 Å². The van der Waals surface area contributed by atoms with E-state index in [-0.39, 0.29) is 5.82 Å². The molecule has 0 bridgehead atoms. The van der Waals surface area contributed by atoms with Crippen LogP contribution in [0.25, 0.3) is 16.7 Å². The number of rotatable bonds is 4. The van der Waals surface area contributed by atoms with Crippen LogP contribution in [0.15, 0.2) is 61.1 Å². The van der Waals surface area contributed by atoms with Crippen molar-refractivity contribution in [2.45, 2.75) is 0 Å². The predicted molar refractivity (Wildman–Crippen MR) is 101 cm³/mol. The number of benzene rings is 2. The Kier molecular flexibility index (Phi) is 3.96. The lowest BCUT2D eigenvalue weighted by atomic mass is 10.2. The molecule has 4 aromatic rings. The molecule has 0 aliphatic rings. The standard InChI is InChI=1S/C19H17FN6/c1-25(2)15-7-4-6-14(10-15)24-18-17-11-23-26(19(17)22-12-21-18)16-8-3-5-13(20)9-16/h3-12H,1-2H3,(H,21,22,24). The topological polar surface area (TPSA) is 58.9 Å². The average Bonchev–Trinajstić information content (AvgIpc) is 3.07. The highest BCUT2D eigenvalue weighted by Gasteiger charge is 2.12. The Hall–Kier alpha value is -3.48. The van der Waals surface area contributed by atoms with Crippen molar-refractivity contribution in [3.8, 4) is 5.69 Å². The molecular formula is C19H17FN6. The number of nitrogens with one attached hydrogen (secondary N) is 1. The quantitative estimate of drug-likeness (QED) is 0.608. The highest BCUT2D eigenvalue weighted by Crippen LogP contribution is 2.26. The van der Waals surface area contributed by atoms with Crippen molar-refractivity contribution in [2.24, 2.45) is 0 Å². The van der Waals surface area contributed by atoms with Gasteiger partial charge >= 0.3 is 0 Å². The maximum atomic E-state index is 13.5. The predicted octanol–water partition coefficient (Wildman–Crippen LogP) is 3.76. The first-order valence-corrected chi connectivity index (χ1v) is 8.11. The van der Waals surface area contributed by atoms with E-state index in [2.05, 4.69) is 20.4 Å². The highest BCUT2D eigenvalue weighted by molar-refractivity contribution is 5.89. The van der Waals surface area contributed by atoms with Crippen LogP contribution in [-0.4, -0.2) is 33.8 Å². The molecular weight excluding hydrogens is 331 g/mol. The minimum atomic E-state index is -0.320. The summed E-state index contributed by atoms with van der Waals surface area (Å²) in [6, 6.07) is 14.3. The maximum absolute atomic E-state index is 13.5. The molecule has 0 saturated heterocycles. The fourth-order valence-electron chi connectivity index (χ4n) is 2.74. The van der Waals surface area contributed by atoms with E-state index in [4.69, 9.17) is 0 Å². The first-order chi connectivity index (χ1) is 12.6. The van der Waals surface area contributed by atoms with Crippen molar-refractivity contribution < 1.29 is 4.39 Å². The van der Waals surface area contributed by atoms with Gasteiger partial charge in [0.1, 0.15) is 18.0 Å². The molecule has 4 rings (SSSR count). The molecule has 0 amide bonds. The summed E-state index contributed by atoms with van der Waals surface area (Å²) >= 11 is 0. The fraction of sp³-hybridized carbons (Fsp3) is 0.105. The van der Waals surface area contributed by atoms with Crippen LogP contribution >= 0.6 is 0 Å². The van der Waals surface area contributed by atoms with Gasteiger partial charge in [-0.25, -0.2) is 19.0 Å². The molecule has 0 atom stereocenters. The molecule has 26 heavy (non-hydrogen) atoms. The van der Waals surface area contributed by atoms with Crippen LogP contribution in [0.3, 0.4) is 0 Å². The number of hydrogen-bond acceptors (Lipinski definition) is 5. The zero-order valence-corrected chi connectivity index (χ0v) is 14.4. The summed E-state index contributed by atoms with van der Waals surface area (Å²) in [4.78, 5) is 10.7. The van der Waals surface area contributed by atoms with Gasteiger partial charge in [-0.2, -0.15) is 5.10 Å². The van der Waals surface area contributed by atoms with E-state index in [0.717, 1.165) is 16.8 Å². The lowest BCUT2D eigenvalue weighted by Gasteiger charge is -2.14. The number of halogens is 1. The zero-order valence-electron chi connectivity index (χ0n) is 14.4. The molecule has 0 fully saturated rings. The summed E-state index contributed by atoms with van der Waals surface area (Å²) in [5.74, 6) is 0.326. The van der Waals surface area contributed by atoms with E-state index in [1.165, 1.54) is 18.5 Å². The fourth-order valence-corrected chi connectivity index (χ4v) is 2.74. The first kappa shape index (κ1) is 16.0. The summed E-state index contributed by atoms with van der Waals surface area (Å²) < 4.78 is 15.1. The molecule has 0 radical (unpaired) electrons. The summed E-state index contributed by atoms with van der Waals surface area (Å²) in [6.45, 7) is 0. The molecule has 2 heterocycles. The van der Waals surface area contributed by atoms with Gasteiger partial charge in [0.15, 0.2) is 5.65 Å².